The highest BCUT2D eigenvalue weighted by atomic mass is 16.5. The van der Waals surface area contributed by atoms with E-state index in [2.05, 4.69) is 25.7 Å². The molecule has 24 heavy (non-hydrogen) atoms. The standard InChI is InChI=1S/C17H24N6O/c1-24-14-6-2-5-13(11-14)15-12-20-17(18)22-16(15)19-7-3-9-23-10-4-8-21-23/h2,5-6,11-12,21H,3-4,7-10H2,1H3,(H3,18,19,20,22). The van der Waals surface area contributed by atoms with E-state index in [1.165, 1.54) is 6.42 Å². The van der Waals surface area contributed by atoms with Crippen LogP contribution in [0.15, 0.2) is 30.5 Å². The minimum absolute atomic E-state index is 0.269. The fourth-order valence-electron chi connectivity index (χ4n) is 2.79. The predicted molar refractivity (Wildman–Crippen MR) is 95.7 cm³/mol. The van der Waals surface area contributed by atoms with Crippen LogP contribution in [0.2, 0.25) is 0 Å². The van der Waals surface area contributed by atoms with Crippen molar-refractivity contribution < 1.29 is 4.74 Å². The summed E-state index contributed by atoms with van der Waals surface area (Å²) in [6.45, 7) is 4.04. The van der Waals surface area contributed by atoms with Crippen LogP contribution in [0, 0.1) is 0 Å². The average Bonchev–Trinajstić information content (AvgIpc) is 3.12. The van der Waals surface area contributed by atoms with Gasteiger partial charge in [-0.15, -0.1) is 0 Å². The van der Waals surface area contributed by atoms with Gasteiger partial charge < -0.3 is 15.8 Å². The van der Waals surface area contributed by atoms with Crippen molar-refractivity contribution in [2.45, 2.75) is 12.8 Å². The highest BCUT2D eigenvalue weighted by molar-refractivity contribution is 5.75. The van der Waals surface area contributed by atoms with Crippen LogP contribution >= 0.6 is 0 Å². The normalized spacial score (nSPS) is 14.7. The van der Waals surface area contributed by atoms with Gasteiger partial charge in [0.15, 0.2) is 0 Å². The number of nitrogens with zero attached hydrogens (tertiary/aromatic N) is 3. The van der Waals surface area contributed by atoms with E-state index in [1.807, 2.05) is 24.3 Å². The molecule has 0 bridgehead atoms. The number of anilines is 2. The zero-order valence-electron chi connectivity index (χ0n) is 14.0. The largest absolute Gasteiger partial charge is 0.497 e. The van der Waals surface area contributed by atoms with Crippen LogP contribution < -0.4 is 21.2 Å². The number of methoxy groups -OCH3 is 1. The molecule has 0 atom stereocenters. The second-order valence-corrected chi connectivity index (χ2v) is 5.75. The van der Waals surface area contributed by atoms with Crippen molar-refractivity contribution >= 4 is 11.8 Å². The molecule has 7 nitrogen and oxygen atoms in total. The predicted octanol–water partition coefficient (Wildman–Crippen LogP) is 1.75. The van der Waals surface area contributed by atoms with Gasteiger partial charge in [0.25, 0.3) is 0 Å². The van der Waals surface area contributed by atoms with E-state index in [1.54, 1.807) is 13.3 Å². The topological polar surface area (TPSA) is 88.3 Å². The lowest BCUT2D eigenvalue weighted by atomic mass is 10.1. The Hall–Kier alpha value is -2.38. The number of nitrogens with two attached hydrogens (primary N) is 1. The number of hydrogen-bond donors (Lipinski definition) is 3. The molecular weight excluding hydrogens is 304 g/mol. The summed E-state index contributed by atoms with van der Waals surface area (Å²) in [5, 5.41) is 5.65. The van der Waals surface area contributed by atoms with Crippen molar-refractivity contribution in [1.82, 2.24) is 20.4 Å². The van der Waals surface area contributed by atoms with Gasteiger partial charge in [0.05, 0.1) is 7.11 Å². The van der Waals surface area contributed by atoms with E-state index in [0.29, 0.717) is 0 Å². The Bertz CT molecular complexity index is 672. The molecule has 0 aliphatic carbocycles. The summed E-state index contributed by atoms with van der Waals surface area (Å²) >= 11 is 0. The van der Waals surface area contributed by atoms with Crippen molar-refractivity contribution in [3.05, 3.63) is 30.5 Å². The third kappa shape index (κ3) is 4.12. The first-order valence-corrected chi connectivity index (χ1v) is 8.25. The summed E-state index contributed by atoms with van der Waals surface area (Å²) in [4.78, 5) is 8.49. The SMILES string of the molecule is COc1cccc(-c2cnc(N)nc2NCCCN2CCCN2)c1. The average molecular weight is 328 g/mol. The Morgan fingerprint density at radius 2 is 2.33 bits per heavy atom. The number of nitrogens with one attached hydrogen (secondary N) is 2. The van der Waals surface area contributed by atoms with Crippen molar-refractivity contribution in [3.8, 4) is 16.9 Å². The molecule has 0 spiro atoms. The maximum absolute atomic E-state index is 5.76. The van der Waals surface area contributed by atoms with Crippen LogP contribution in [-0.4, -0.2) is 48.3 Å². The van der Waals surface area contributed by atoms with Gasteiger partial charge in [-0.05, 0) is 30.5 Å². The Labute approximate surface area is 142 Å². The first kappa shape index (κ1) is 16.5. The summed E-state index contributed by atoms with van der Waals surface area (Å²) in [7, 11) is 1.66. The maximum Gasteiger partial charge on any atom is 0.221 e. The van der Waals surface area contributed by atoms with Gasteiger partial charge in [-0.25, -0.2) is 9.99 Å². The van der Waals surface area contributed by atoms with Gasteiger partial charge in [-0.3, -0.25) is 5.43 Å². The van der Waals surface area contributed by atoms with E-state index in [4.69, 9.17) is 10.5 Å². The van der Waals surface area contributed by atoms with Gasteiger partial charge in [-0.1, -0.05) is 12.1 Å². The highest BCUT2D eigenvalue weighted by Crippen LogP contribution is 2.28. The van der Waals surface area contributed by atoms with E-state index in [0.717, 1.165) is 55.3 Å². The number of hydrogen-bond acceptors (Lipinski definition) is 7. The lowest BCUT2D eigenvalue weighted by molar-refractivity contribution is 0.253. The molecule has 0 radical (unpaired) electrons. The fourth-order valence-corrected chi connectivity index (χ4v) is 2.79. The molecule has 128 valence electrons. The summed E-state index contributed by atoms with van der Waals surface area (Å²) in [6.07, 6.45) is 3.99. The van der Waals surface area contributed by atoms with Crippen molar-refractivity contribution in [2.24, 2.45) is 0 Å². The van der Waals surface area contributed by atoms with E-state index >= 15 is 0 Å². The molecule has 0 unspecified atom stereocenters. The van der Waals surface area contributed by atoms with E-state index in [9.17, 15) is 0 Å². The maximum atomic E-state index is 5.76. The molecular formula is C17H24N6O. The first-order valence-electron chi connectivity index (χ1n) is 8.25. The Kier molecular flexibility index (Phi) is 5.45. The Balaban J connectivity index is 1.68. The first-order chi connectivity index (χ1) is 11.8. The molecule has 0 amide bonds. The van der Waals surface area contributed by atoms with Crippen LogP contribution in [0.25, 0.3) is 11.1 Å². The van der Waals surface area contributed by atoms with Crippen LogP contribution in [-0.2, 0) is 0 Å². The van der Waals surface area contributed by atoms with Crippen LogP contribution in [0.5, 0.6) is 5.75 Å². The monoisotopic (exact) mass is 328 g/mol. The summed E-state index contributed by atoms with van der Waals surface area (Å²) < 4.78 is 5.30. The van der Waals surface area contributed by atoms with Crippen LogP contribution in [0.3, 0.4) is 0 Å². The molecule has 1 aromatic carbocycles. The number of aromatic nitrogens is 2. The molecule has 1 aliphatic heterocycles. The summed E-state index contributed by atoms with van der Waals surface area (Å²) in [6, 6.07) is 7.84. The Morgan fingerprint density at radius 1 is 1.42 bits per heavy atom. The van der Waals surface area contributed by atoms with Gasteiger partial charge in [0.1, 0.15) is 11.6 Å². The number of benzene rings is 1. The lowest BCUT2D eigenvalue weighted by Gasteiger charge is -2.16. The zero-order chi connectivity index (χ0) is 16.8. The zero-order valence-corrected chi connectivity index (χ0v) is 14.0. The Morgan fingerprint density at radius 3 is 3.12 bits per heavy atom. The highest BCUT2D eigenvalue weighted by Gasteiger charge is 2.11. The third-order valence-corrected chi connectivity index (χ3v) is 4.03. The van der Waals surface area contributed by atoms with Crippen LogP contribution in [0.1, 0.15) is 12.8 Å². The molecule has 7 heteroatoms. The summed E-state index contributed by atoms with van der Waals surface area (Å²) in [5.41, 5.74) is 11.0. The number of nitrogen functional groups attached to an aromatic ring is 1. The number of ether oxygens (including phenoxy) is 1. The van der Waals surface area contributed by atoms with Gasteiger partial charge in [-0.2, -0.15) is 4.98 Å². The van der Waals surface area contributed by atoms with Crippen molar-refractivity contribution in [3.63, 3.8) is 0 Å². The molecule has 0 saturated carbocycles. The van der Waals surface area contributed by atoms with Crippen molar-refractivity contribution in [2.75, 3.05) is 44.3 Å². The molecule has 1 aromatic heterocycles. The smallest absolute Gasteiger partial charge is 0.221 e. The van der Waals surface area contributed by atoms with Gasteiger partial charge >= 0.3 is 0 Å². The molecule has 4 N–H and O–H groups in total. The molecule has 2 aromatic rings. The third-order valence-electron chi connectivity index (χ3n) is 4.03. The van der Waals surface area contributed by atoms with Gasteiger partial charge in [0.2, 0.25) is 5.95 Å². The van der Waals surface area contributed by atoms with E-state index < -0.39 is 0 Å². The fraction of sp³-hybridized carbons (Fsp3) is 0.412. The molecule has 1 aliphatic rings. The lowest BCUT2D eigenvalue weighted by Crippen LogP contribution is -2.32. The van der Waals surface area contributed by atoms with Crippen LogP contribution in [0.4, 0.5) is 11.8 Å². The number of hydrazine groups is 1. The second-order valence-electron chi connectivity index (χ2n) is 5.75. The molecule has 3 rings (SSSR count). The van der Waals surface area contributed by atoms with Gasteiger partial charge in [0, 0.05) is 37.9 Å². The minimum atomic E-state index is 0.269. The summed E-state index contributed by atoms with van der Waals surface area (Å²) in [5.74, 6) is 1.82. The second kappa shape index (κ2) is 7.94. The van der Waals surface area contributed by atoms with Crippen molar-refractivity contribution in [1.29, 1.82) is 0 Å². The molecule has 2 heterocycles. The quantitative estimate of drug-likeness (QED) is 0.667. The van der Waals surface area contributed by atoms with E-state index in [-0.39, 0.29) is 5.95 Å². The number of rotatable bonds is 7. The minimum Gasteiger partial charge on any atom is -0.497 e. The molecule has 1 fully saturated rings. The molecule has 1 saturated heterocycles.